The molecule has 19 heavy (non-hydrogen) atoms. The highest BCUT2D eigenvalue weighted by Gasteiger charge is 2.27. The molecule has 0 radical (unpaired) electrons. The standard InChI is InChI=1S/C8H11N3O7S/c12-2-1-4(7(14)15)11-19(17,18)5-3-9-8(16)10-6(5)13/h3-4,11-12H,1-2H2,(H,14,15)(H2,9,10,13,16)/t4-/m1/s1. The first-order chi connectivity index (χ1) is 8.77. The van der Waals surface area contributed by atoms with Crippen molar-refractivity contribution in [3.8, 4) is 0 Å². The second-order valence-corrected chi connectivity index (χ2v) is 5.14. The van der Waals surface area contributed by atoms with Crippen LogP contribution in [0, 0.1) is 0 Å². The van der Waals surface area contributed by atoms with E-state index in [-0.39, 0.29) is 6.42 Å². The first-order valence-electron chi connectivity index (χ1n) is 4.96. The van der Waals surface area contributed by atoms with Gasteiger partial charge >= 0.3 is 11.7 Å². The number of rotatable bonds is 6. The van der Waals surface area contributed by atoms with Crippen LogP contribution in [0.4, 0.5) is 0 Å². The molecule has 0 amide bonds. The third kappa shape index (κ3) is 3.74. The summed E-state index contributed by atoms with van der Waals surface area (Å²) in [5.41, 5.74) is -2.07. The van der Waals surface area contributed by atoms with Gasteiger partial charge in [-0.1, -0.05) is 0 Å². The lowest BCUT2D eigenvalue weighted by Crippen LogP contribution is -2.43. The zero-order valence-electron chi connectivity index (χ0n) is 9.41. The molecule has 1 rings (SSSR count). The molecule has 106 valence electrons. The molecule has 1 atom stereocenters. The molecule has 1 aromatic rings. The molecular formula is C8H11N3O7S. The average Bonchev–Trinajstić information content (AvgIpc) is 2.27. The fourth-order valence-electron chi connectivity index (χ4n) is 1.21. The van der Waals surface area contributed by atoms with Crippen molar-refractivity contribution in [2.24, 2.45) is 0 Å². The number of aliphatic hydroxyl groups excluding tert-OH is 1. The van der Waals surface area contributed by atoms with Gasteiger partial charge in [0.25, 0.3) is 5.56 Å². The lowest BCUT2D eigenvalue weighted by molar-refractivity contribution is -0.139. The second kappa shape index (κ2) is 5.77. The largest absolute Gasteiger partial charge is 0.480 e. The number of carboxylic acids is 1. The topological polar surface area (TPSA) is 169 Å². The van der Waals surface area contributed by atoms with Gasteiger partial charge in [-0.05, 0) is 6.42 Å². The number of aliphatic carboxylic acids is 1. The summed E-state index contributed by atoms with van der Waals surface area (Å²) >= 11 is 0. The van der Waals surface area contributed by atoms with Crippen molar-refractivity contribution >= 4 is 16.0 Å². The van der Waals surface area contributed by atoms with Crippen molar-refractivity contribution in [2.75, 3.05) is 6.61 Å². The van der Waals surface area contributed by atoms with Gasteiger partial charge in [0.05, 0.1) is 0 Å². The van der Waals surface area contributed by atoms with Crippen molar-refractivity contribution in [1.29, 1.82) is 0 Å². The Hall–Kier alpha value is -1.98. The SMILES string of the molecule is O=C(O)[C@@H](CCO)NS(=O)(=O)c1c[nH]c(=O)[nH]c1=O. The number of aromatic amines is 2. The molecule has 0 aliphatic rings. The molecule has 0 fully saturated rings. The van der Waals surface area contributed by atoms with Gasteiger partial charge in [-0.3, -0.25) is 14.6 Å². The van der Waals surface area contributed by atoms with Crippen molar-refractivity contribution < 1.29 is 23.4 Å². The monoisotopic (exact) mass is 293 g/mol. The third-order valence-electron chi connectivity index (χ3n) is 2.09. The zero-order valence-corrected chi connectivity index (χ0v) is 10.2. The molecule has 0 aromatic carbocycles. The van der Waals surface area contributed by atoms with Gasteiger partial charge in [0.2, 0.25) is 10.0 Å². The van der Waals surface area contributed by atoms with Crippen LogP contribution in [0.1, 0.15) is 6.42 Å². The highest BCUT2D eigenvalue weighted by molar-refractivity contribution is 7.89. The summed E-state index contributed by atoms with van der Waals surface area (Å²) < 4.78 is 25.3. The number of hydrogen-bond acceptors (Lipinski definition) is 6. The van der Waals surface area contributed by atoms with E-state index in [1.54, 1.807) is 9.71 Å². The Balaban J connectivity index is 3.13. The smallest absolute Gasteiger partial charge is 0.325 e. The fourth-order valence-corrected chi connectivity index (χ4v) is 2.44. The first kappa shape index (κ1) is 15.1. The Kier molecular flexibility index (Phi) is 4.58. The predicted octanol–water partition coefficient (Wildman–Crippen LogP) is -2.82. The highest BCUT2D eigenvalue weighted by atomic mass is 32.2. The molecule has 11 heteroatoms. The number of carbonyl (C=O) groups is 1. The molecule has 0 saturated carbocycles. The number of hydrogen-bond donors (Lipinski definition) is 5. The van der Waals surface area contributed by atoms with E-state index in [0.717, 1.165) is 0 Å². The van der Waals surface area contributed by atoms with E-state index in [1.807, 2.05) is 4.98 Å². The maximum atomic E-state index is 11.8. The normalized spacial score (nSPS) is 13.1. The minimum atomic E-state index is -4.43. The minimum absolute atomic E-state index is 0.365. The van der Waals surface area contributed by atoms with Crippen LogP contribution in [0.2, 0.25) is 0 Å². The van der Waals surface area contributed by atoms with Gasteiger partial charge in [-0.2, -0.15) is 4.72 Å². The molecule has 0 bridgehead atoms. The van der Waals surface area contributed by atoms with Crippen LogP contribution in [-0.2, 0) is 14.8 Å². The molecule has 0 aliphatic carbocycles. The third-order valence-corrected chi connectivity index (χ3v) is 3.57. The Morgan fingerprint density at radius 2 is 2.05 bits per heavy atom. The second-order valence-electron chi connectivity index (χ2n) is 3.46. The zero-order chi connectivity index (χ0) is 14.6. The average molecular weight is 293 g/mol. The summed E-state index contributed by atoms with van der Waals surface area (Å²) in [6, 6.07) is -1.58. The maximum absolute atomic E-state index is 11.8. The van der Waals surface area contributed by atoms with Gasteiger partial charge in [0, 0.05) is 12.8 Å². The Bertz CT molecular complexity index is 674. The van der Waals surface area contributed by atoms with E-state index in [0.29, 0.717) is 6.20 Å². The number of carboxylic acid groups (broad SMARTS) is 1. The summed E-state index contributed by atoms with van der Waals surface area (Å²) in [5.74, 6) is -1.50. The van der Waals surface area contributed by atoms with Crippen LogP contribution in [0.3, 0.4) is 0 Å². The lowest BCUT2D eigenvalue weighted by atomic mass is 10.2. The van der Waals surface area contributed by atoms with Gasteiger partial charge in [0.1, 0.15) is 6.04 Å². The summed E-state index contributed by atoms with van der Waals surface area (Å²) in [6.45, 7) is -0.554. The Morgan fingerprint density at radius 1 is 1.42 bits per heavy atom. The Morgan fingerprint density at radius 3 is 2.53 bits per heavy atom. The number of sulfonamides is 1. The molecule has 0 spiro atoms. The van der Waals surface area contributed by atoms with Gasteiger partial charge in [-0.15, -0.1) is 0 Å². The van der Waals surface area contributed by atoms with Crippen molar-refractivity contribution in [3.63, 3.8) is 0 Å². The van der Waals surface area contributed by atoms with Crippen LogP contribution in [0.15, 0.2) is 20.7 Å². The first-order valence-corrected chi connectivity index (χ1v) is 6.44. The molecule has 10 nitrogen and oxygen atoms in total. The molecular weight excluding hydrogens is 282 g/mol. The summed E-state index contributed by atoms with van der Waals surface area (Å²) in [4.78, 5) is 35.6. The minimum Gasteiger partial charge on any atom is -0.480 e. The van der Waals surface area contributed by atoms with Crippen LogP contribution in [-0.4, -0.2) is 47.2 Å². The van der Waals surface area contributed by atoms with E-state index in [4.69, 9.17) is 10.2 Å². The number of H-pyrrole nitrogens is 2. The predicted molar refractivity (Wildman–Crippen MR) is 61.1 cm³/mol. The van der Waals surface area contributed by atoms with Gasteiger partial charge in [0.15, 0.2) is 4.90 Å². The molecule has 5 N–H and O–H groups in total. The van der Waals surface area contributed by atoms with E-state index < -0.39 is 44.8 Å². The van der Waals surface area contributed by atoms with Gasteiger partial charge in [-0.25, -0.2) is 13.2 Å². The van der Waals surface area contributed by atoms with E-state index in [1.165, 1.54) is 0 Å². The quantitative estimate of drug-likeness (QED) is 0.376. The highest BCUT2D eigenvalue weighted by Crippen LogP contribution is 2.02. The molecule has 0 unspecified atom stereocenters. The van der Waals surface area contributed by atoms with Crippen molar-refractivity contribution in [3.05, 3.63) is 27.0 Å². The van der Waals surface area contributed by atoms with Crippen molar-refractivity contribution in [2.45, 2.75) is 17.4 Å². The van der Waals surface area contributed by atoms with Crippen LogP contribution in [0.5, 0.6) is 0 Å². The van der Waals surface area contributed by atoms with Crippen LogP contribution in [0.25, 0.3) is 0 Å². The Labute approximate surface area is 106 Å². The lowest BCUT2D eigenvalue weighted by Gasteiger charge is -2.12. The summed E-state index contributed by atoms with van der Waals surface area (Å²) in [5, 5.41) is 17.4. The van der Waals surface area contributed by atoms with E-state index >= 15 is 0 Å². The van der Waals surface area contributed by atoms with Crippen LogP contribution < -0.4 is 16.0 Å². The fraction of sp³-hybridized carbons (Fsp3) is 0.375. The maximum Gasteiger partial charge on any atom is 0.325 e. The molecule has 0 saturated heterocycles. The summed E-state index contributed by atoms with van der Waals surface area (Å²) in [6.07, 6.45) is 0.289. The number of nitrogens with one attached hydrogen (secondary N) is 3. The number of aromatic nitrogens is 2. The van der Waals surface area contributed by atoms with E-state index in [2.05, 4.69) is 0 Å². The molecule has 1 heterocycles. The van der Waals surface area contributed by atoms with Crippen LogP contribution >= 0.6 is 0 Å². The summed E-state index contributed by atoms with van der Waals surface area (Å²) in [7, 11) is -4.43. The van der Waals surface area contributed by atoms with E-state index in [9.17, 15) is 22.8 Å². The number of aliphatic hydroxyl groups is 1. The van der Waals surface area contributed by atoms with Crippen molar-refractivity contribution in [1.82, 2.24) is 14.7 Å². The van der Waals surface area contributed by atoms with Gasteiger partial charge < -0.3 is 15.2 Å². The molecule has 0 aliphatic heterocycles. The molecule has 1 aromatic heterocycles.